The average molecular weight is 422 g/mol. The highest BCUT2D eigenvalue weighted by atomic mass is 16.6. The van der Waals surface area contributed by atoms with Gasteiger partial charge in [-0.15, -0.1) is 0 Å². The Morgan fingerprint density at radius 2 is 1.47 bits per heavy atom. The Morgan fingerprint density at radius 1 is 0.933 bits per heavy atom. The number of carbonyl (C=O) groups excluding carboxylic acids is 3. The van der Waals surface area contributed by atoms with Crippen LogP contribution in [0.15, 0.2) is 24.3 Å². The van der Waals surface area contributed by atoms with Gasteiger partial charge in [0.05, 0.1) is 5.56 Å². The fourth-order valence-corrected chi connectivity index (χ4v) is 2.24. The number of carboxylic acid groups (broad SMARTS) is 1. The Balaban J connectivity index is 2.83. The van der Waals surface area contributed by atoms with Crippen molar-refractivity contribution in [1.29, 1.82) is 0 Å². The summed E-state index contributed by atoms with van der Waals surface area (Å²) in [4.78, 5) is 47.5. The van der Waals surface area contributed by atoms with Gasteiger partial charge in [-0.1, -0.05) is 0 Å². The van der Waals surface area contributed by atoms with Crippen LogP contribution in [0.4, 0.5) is 10.5 Å². The van der Waals surface area contributed by atoms with E-state index in [2.05, 4.69) is 10.6 Å². The summed E-state index contributed by atoms with van der Waals surface area (Å²) in [5.74, 6) is -2.20. The first-order valence-corrected chi connectivity index (χ1v) is 9.52. The molecule has 1 aromatic carbocycles. The van der Waals surface area contributed by atoms with Gasteiger partial charge in [0.25, 0.3) is 0 Å². The maximum atomic E-state index is 12.6. The third kappa shape index (κ3) is 9.90. The lowest BCUT2D eigenvalue weighted by atomic mass is 10.1. The molecule has 0 heterocycles. The van der Waals surface area contributed by atoms with E-state index in [4.69, 9.17) is 14.6 Å². The van der Waals surface area contributed by atoms with Gasteiger partial charge in [0, 0.05) is 12.1 Å². The zero-order valence-corrected chi connectivity index (χ0v) is 18.2. The van der Waals surface area contributed by atoms with Crippen LogP contribution in [0.1, 0.15) is 64.7 Å². The van der Waals surface area contributed by atoms with Gasteiger partial charge >= 0.3 is 18.0 Å². The van der Waals surface area contributed by atoms with Gasteiger partial charge < -0.3 is 25.2 Å². The number of hydrogen-bond acceptors (Lipinski definition) is 6. The number of alkyl carbamates (subject to hydrolysis) is 1. The summed E-state index contributed by atoms with van der Waals surface area (Å²) < 4.78 is 10.4. The van der Waals surface area contributed by atoms with Crippen molar-refractivity contribution in [2.24, 2.45) is 0 Å². The van der Waals surface area contributed by atoms with Crippen LogP contribution in [-0.2, 0) is 19.1 Å². The second-order valence-corrected chi connectivity index (χ2v) is 8.70. The summed E-state index contributed by atoms with van der Waals surface area (Å²) in [6.45, 7) is 10.3. The molecule has 0 bridgehead atoms. The molecule has 166 valence electrons. The number of nitrogens with one attached hydrogen (secondary N) is 2. The van der Waals surface area contributed by atoms with Crippen molar-refractivity contribution < 1.29 is 33.8 Å². The highest BCUT2D eigenvalue weighted by Crippen LogP contribution is 2.16. The third-order valence-corrected chi connectivity index (χ3v) is 3.44. The molecule has 0 fully saturated rings. The number of carbonyl (C=O) groups is 4. The zero-order valence-electron chi connectivity index (χ0n) is 18.2. The first kappa shape index (κ1) is 24.9. The topological polar surface area (TPSA) is 131 Å². The van der Waals surface area contributed by atoms with Crippen LogP contribution < -0.4 is 10.6 Å². The van der Waals surface area contributed by atoms with E-state index < -0.39 is 41.2 Å². The lowest BCUT2D eigenvalue weighted by molar-refractivity contribution is -0.137. The number of anilines is 1. The van der Waals surface area contributed by atoms with E-state index in [1.165, 1.54) is 24.3 Å². The molecule has 0 saturated carbocycles. The Kier molecular flexibility index (Phi) is 8.38. The number of benzene rings is 1. The van der Waals surface area contributed by atoms with Gasteiger partial charge in [-0.2, -0.15) is 0 Å². The molecule has 0 aliphatic heterocycles. The predicted molar refractivity (Wildman–Crippen MR) is 110 cm³/mol. The van der Waals surface area contributed by atoms with E-state index in [1.54, 1.807) is 41.5 Å². The van der Waals surface area contributed by atoms with Gasteiger partial charge in [-0.05, 0) is 72.2 Å². The number of hydrogen-bond donors (Lipinski definition) is 3. The summed E-state index contributed by atoms with van der Waals surface area (Å²) in [5.41, 5.74) is -0.708. The molecule has 0 radical (unpaired) electrons. The fourth-order valence-electron chi connectivity index (χ4n) is 2.24. The molecule has 9 nitrogen and oxygen atoms in total. The van der Waals surface area contributed by atoms with Gasteiger partial charge in [-0.25, -0.2) is 9.59 Å². The molecule has 1 atom stereocenters. The SMILES string of the molecule is CC(C)(C)OC(=O)N[C@@H](CCC(=O)O)C(=O)Nc1ccc(C(=O)OC(C)(C)C)cc1. The van der Waals surface area contributed by atoms with Crippen LogP contribution in [0.2, 0.25) is 0 Å². The molecule has 0 aliphatic carbocycles. The molecule has 0 aromatic heterocycles. The molecule has 1 rings (SSSR count). The zero-order chi connectivity index (χ0) is 23.1. The molecule has 2 amide bonds. The average Bonchev–Trinajstić information content (AvgIpc) is 2.55. The van der Waals surface area contributed by atoms with Crippen molar-refractivity contribution in [2.75, 3.05) is 5.32 Å². The van der Waals surface area contributed by atoms with Crippen LogP contribution in [-0.4, -0.2) is 46.3 Å². The van der Waals surface area contributed by atoms with Gasteiger partial charge in [0.1, 0.15) is 17.2 Å². The monoisotopic (exact) mass is 422 g/mol. The van der Waals surface area contributed by atoms with Crippen LogP contribution in [0, 0.1) is 0 Å². The van der Waals surface area contributed by atoms with Crippen LogP contribution in [0.5, 0.6) is 0 Å². The molecule has 0 aliphatic rings. The quantitative estimate of drug-likeness (QED) is 0.574. The number of esters is 1. The van der Waals surface area contributed by atoms with Crippen molar-refractivity contribution in [2.45, 2.75) is 71.6 Å². The number of ether oxygens (including phenoxy) is 2. The number of aliphatic carboxylic acids is 1. The van der Waals surface area contributed by atoms with E-state index >= 15 is 0 Å². The highest BCUT2D eigenvalue weighted by molar-refractivity contribution is 5.97. The van der Waals surface area contributed by atoms with E-state index in [9.17, 15) is 19.2 Å². The molecule has 0 saturated heterocycles. The number of amides is 2. The Bertz CT molecular complexity index is 774. The minimum Gasteiger partial charge on any atom is -0.481 e. The van der Waals surface area contributed by atoms with Crippen molar-refractivity contribution in [1.82, 2.24) is 5.32 Å². The second-order valence-electron chi connectivity index (χ2n) is 8.70. The summed E-state index contributed by atoms with van der Waals surface area (Å²) in [5, 5.41) is 13.9. The smallest absolute Gasteiger partial charge is 0.408 e. The summed E-state index contributed by atoms with van der Waals surface area (Å²) in [7, 11) is 0. The molecule has 3 N–H and O–H groups in total. The standard InChI is InChI=1S/C21H30N2O7/c1-20(2,3)29-18(27)13-7-9-14(10-8-13)22-17(26)15(11-12-16(24)25)23-19(28)30-21(4,5)6/h7-10,15H,11-12H2,1-6H3,(H,22,26)(H,23,28)(H,24,25)/t15-/m0/s1. The molecular weight excluding hydrogens is 392 g/mol. The normalized spacial score (nSPS) is 12.5. The van der Waals surface area contributed by atoms with Gasteiger partial charge in [0.2, 0.25) is 5.91 Å². The lowest BCUT2D eigenvalue weighted by Crippen LogP contribution is -2.46. The minimum atomic E-state index is -1.11. The van der Waals surface area contributed by atoms with Crippen LogP contribution >= 0.6 is 0 Å². The lowest BCUT2D eigenvalue weighted by Gasteiger charge is -2.23. The van der Waals surface area contributed by atoms with Crippen molar-refractivity contribution in [3.63, 3.8) is 0 Å². The van der Waals surface area contributed by atoms with E-state index in [1.807, 2.05) is 0 Å². The first-order chi connectivity index (χ1) is 13.7. The molecular formula is C21H30N2O7. The Labute approximate surface area is 176 Å². The van der Waals surface area contributed by atoms with Crippen molar-refractivity contribution >= 4 is 29.6 Å². The predicted octanol–water partition coefficient (Wildman–Crippen LogP) is 3.34. The van der Waals surface area contributed by atoms with Crippen molar-refractivity contribution in [3.8, 4) is 0 Å². The summed E-state index contributed by atoms with van der Waals surface area (Å²) in [6, 6.07) is 4.91. The maximum absolute atomic E-state index is 12.6. The molecule has 1 aromatic rings. The van der Waals surface area contributed by atoms with Crippen molar-refractivity contribution in [3.05, 3.63) is 29.8 Å². The van der Waals surface area contributed by atoms with E-state index in [-0.39, 0.29) is 12.8 Å². The largest absolute Gasteiger partial charge is 0.481 e. The molecule has 0 unspecified atom stereocenters. The molecule has 0 spiro atoms. The first-order valence-electron chi connectivity index (χ1n) is 9.52. The minimum absolute atomic E-state index is 0.115. The Hall–Kier alpha value is -3.10. The van der Waals surface area contributed by atoms with Gasteiger partial charge in [-0.3, -0.25) is 9.59 Å². The Morgan fingerprint density at radius 3 is 1.93 bits per heavy atom. The maximum Gasteiger partial charge on any atom is 0.408 e. The molecule has 9 heteroatoms. The van der Waals surface area contributed by atoms with Crippen LogP contribution in [0.3, 0.4) is 0 Å². The molecule has 30 heavy (non-hydrogen) atoms. The summed E-state index contributed by atoms with van der Waals surface area (Å²) in [6.07, 6.45) is -1.25. The third-order valence-electron chi connectivity index (χ3n) is 3.44. The second kappa shape index (κ2) is 10.1. The van der Waals surface area contributed by atoms with E-state index in [0.717, 1.165) is 0 Å². The van der Waals surface area contributed by atoms with Crippen LogP contribution in [0.25, 0.3) is 0 Å². The number of carboxylic acids is 1. The number of rotatable bonds is 7. The highest BCUT2D eigenvalue weighted by Gasteiger charge is 2.25. The summed E-state index contributed by atoms with van der Waals surface area (Å²) >= 11 is 0. The fraction of sp³-hybridized carbons (Fsp3) is 0.524. The van der Waals surface area contributed by atoms with Gasteiger partial charge in [0.15, 0.2) is 0 Å². The van der Waals surface area contributed by atoms with E-state index in [0.29, 0.717) is 11.3 Å².